The molecule has 8 heteroatoms. The number of aryl methyl sites for hydroxylation is 1. The Balaban J connectivity index is 2.34. The summed E-state index contributed by atoms with van der Waals surface area (Å²) in [6.07, 6.45) is -2.13. The van der Waals surface area contributed by atoms with Gasteiger partial charge in [-0.1, -0.05) is 49.7 Å². The first-order valence-electron chi connectivity index (χ1n) is 7.92. The minimum Gasteiger partial charge on any atom is -0.383 e. The molecule has 0 atom stereocenters. The number of nitrogen functional groups attached to an aromatic ring is 2. The molecule has 0 aliphatic rings. The van der Waals surface area contributed by atoms with Crippen LogP contribution in [0, 0.1) is 0 Å². The first-order valence-corrected chi connectivity index (χ1v) is 8.29. The van der Waals surface area contributed by atoms with Gasteiger partial charge in [-0.15, -0.1) is 0 Å². The van der Waals surface area contributed by atoms with E-state index in [0.717, 1.165) is 5.56 Å². The summed E-state index contributed by atoms with van der Waals surface area (Å²) < 4.78 is 37.7. The Hall–Kier alpha value is -2.28. The van der Waals surface area contributed by atoms with Crippen molar-refractivity contribution in [1.29, 1.82) is 0 Å². The zero-order valence-electron chi connectivity index (χ0n) is 14.4. The number of anilines is 2. The summed E-state index contributed by atoms with van der Waals surface area (Å²) in [5.41, 5.74) is 12.5. The van der Waals surface area contributed by atoms with Crippen LogP contribution in [0.1, 0.15) is 37.1 Å². The summed E-state index contributed by atoms with van der Waals surface area (Å²) in [6.45, 7) is 3.94. The monoisotopic (exact) mass is 384 g/mol. The molecule has 2 rings (SSSR count). The summed E-state index contributed by atoms with van der Waals surface area (Å²) in [5, 5.41) is 0.624. The van der Waals surface area contributed by atoms with E-state index in [4.69, 9.17) is 23.1 Å². The first-order chi connectivity index (χ1) is 12.0. The Morgan fingerprint density at radius 2 is 1.69 bits per heavy atom. The van der Waals surface area contributed by atoms with Crippen LogP contribution in [0.5, 0.6) is 0 Å². The molecule has 0 aliphatic heterocycles. The van der Waals surface area contributed by atoms with Crippen molar-refractivity contribution in [1.82, 2.24) is 9.97 Å². The highest BCUT2D eigenvalue weighted by molar-refractivity contribution is 6.30. The number of alkyl halides is 3. The molecule has 4 nitrogen and oxygen atoms in total. The Morgan fingerprint density at radius 3 is 2.27 bits per heavy atom. The van der Waals surface area contributed by atoms with Gasteiger partial charge in [0.2, 0.25) is 5.95 Å². The fourth-order valence-electron chi connectivity index (χ4n) is 2.45. The van der Waals surface area contributed by atoms with Gasteiger partial charge in [0, 0.05) is 22.4 Å². The zero-order valence-corrected chi connectivity index (χ0v) is 15.2. The van der Waals surface area contributed by atoms with Crippen molar-refractivity contribution in [2.24, 2.45) is 0 Å². The number of benzene rings is 1. The van der Waals surface area contributed by atoms with Crippen LogP contribution in [0.15, 0.2) is 30.3 Å². The fraction of sp³-hybridized carbons (Fsp3) is 0.333. The highest BCUT2D eigenvalue weighted by atomic mass is 35.5. The van der Waals surface area contributed by atoms with Crippen LogP contribution in [0.4, 0.5) is 24.9 Å². The number of hydrogen-bond acceptors (Lipinski definition) is 4. The van der Waals surface area contributed by atoms with Gasteiger partial charge >= 0.3 is 6.18 Å². The van der Waals surface area contributed by atoms with E-state index in [1.165, 1.54) is 0 Å². The Bertz CT molecular complexity index is 799. The summed E-state index contributed by atoms with van der Waals surface area (Å²) >= 11 is 5.91. The van der Waals surface area contributed by atoms with Crippen molar-refractivity contribution in [3.8, 4) is 0 Å². The van der Waals surface area contributed by atoms with E-state index in [1.54, 1.807) is 18.2 Å². The molecule has 0 spiro atoms. The molecule has 1 heterocycles. The molecule has 0 saturated heterocycles. The molecule has 1 aromatic heterocycles. The zero-order chi connectivity index (χ0) is 19.5. The van der Waals surface area contributed by atoms with E-state index in [9.17, 15) is 13.2 Å². The van der Waals surface area contributed by atoms with Crippen LogP contribution in [-0.2, 0) is 11.8 Å². The number of aromatic nitrogens is 2. The van der Waals surface area contributed by atoms with Crippen LogP contribution < -0.4 is 11.5 Å². The maximum Gasteiger partial charge on any atom is 0.389 e. The number of nitrogens with two attached hydrogens (primary N) is 2. The molecule has 1 aromatic carbocycles. The topological polar surface area (TPSA) is 77.8 Å². The summed E-state index contributed by atoms with van der Waals surface area (Å²) in [6, 6.07) is 7.34. The Labute approximate surface area is 155 Å². The van der Waals surface area contributed by atoms with Gasteiger partial charge in [-0.3, -0.25) is 0 Å². The quantitative estimate of drug-likeness (QED) is 0.777. The second-order valence-electron chi connectivity index (χ2n) is 6.50. The maximum absolute atomic E-state index is 12.6. The molecular formula is C18H20ClF3N4. The van der Waals surface area contributed by atoms with Crippen LogP contribution in [0.3, 0.4) is 0 Å². The highest BCUT2D eigenvalue weighted by Gasteiger charge is 2.28. The van der Waals surface area contributed by atoms with Crippen LogP contribution in [0.25, 0.3) is 6.08 Å². The van der Waals surface area contributed by atoms with Gasteiger partial charge in [0.05, 0.1) is 5.69 Å². The lowest BCUT2D eigenvalue weighted by atomic mass is 9.84. The third kappa shape index (κ3) is 5.36. The minimum atomic E-state index is -4.29. The van der Waals surface area contributed by atoms with Gasteiger partial charge in [-0.2, -0.15) is 18.2 Å². The lowest BCUT2D eigenvalue weighted by molar-refractivity contribution is -0.134. The SMILES string of the molecule is CC(C)(/C=C/c1c(N)nc(N)nc1CCC(F)(F)F)c1ccc(Cl)cc1. The van der Waals surface area contributed by atoms with Crippen molar-refractivity contribution in [3.05, 3.63) is 52.2 Å². The van der Waals surface area contributed by atoms with E-state index < -0.39 is 18.0 Å². The standard InChI is InChI=1S/C18H20ClF3N4/c1-17(2,11-3-5-12(19)6-4-11)9-7-13-14(8-10-18(20,21)22)25-16(24)26-15(13)23/h3-7,9H,8,10H2,1-2H3,(H4,23,24,25,26)/b9-7+. The van der Waals surface area contributed by atoms with Crippen molar-refractivity contribution in [2.45, 2.75) is 38.3 Å². The maximum atomic E-state index is 12.6. The molecule has 0 aliphatic carbocycles. The predicted octanol–water partition coefficient (Wildman–Crippen LogP) is 4.78. The average Bonchev–Trinajstić information content (AvgIpc) is 2.51. The van der Waals surface area contributed by atoms with Crippen LogP contribution in [-0.4, -0.2) is 16.1 Å². The highest BCUT2D eigenvalue weighted by Crippen LogP contribution is 2.29. The van der Waals surface area contributed by atoms with Gasteiger partial charge in [-0.25, -0.2) is 4.98 Å². The number of nitrogens with zero attached hydrogens (tertiary/aromatic N) is 2. The van der Waals surface area contributed by atoms with Gasteiger partial charge in [-0.05, 0) is 24.1 Å². The van der Waals surface area contributed by atoms with Crippen LogP contribution >= 0.6 is 11.6 Å². The van der Waals surface area contributed by atoms with E-state index in [1.807, 2.05) is 32.1 Å². The van der Waals surface area contributed by atoms with Gasteiger partial charge in [0.25, 0.3) is 0 Å². The molecule has 26 heavy (non-hydrogen) atoms. The van der Waals surface area contributed by atoms with E-state index in [0.29, 0.717) is 10.6 Å². The molecule has 0 saturated carbocycles. The lowest BCUT2D eigenvalue weighted by Gasteiger charge is -2.21. The molecule has 0 fully saturated rings. The Kier molecular flexibility index (Phi) is 5.81. The lowest BCUT2D eigenvalue weighted by Crippen LogP contribution is -2.14. The smallest absolute Gasteiger partial charge is 0.383 e. The molecule has 0 amide bonds. The van der Waals surface area contributed by atoms with Crippen molar-refractivity contribution < 1.29 is 13.2 Å². The number of rotatable bonds is 5. The first kappa shape index (κ1) is 20.0. The number of allylic oxidation sites excluding steroid dienone is 1. The molecule has 140 valence electrons. The molecule has 4 N–H and O–H groups in total. The van der Waals surface area contributed by atoms with Crippen molar-refractivity contribution in [2.75, 3.05) is 11.5 Å². The molecule has 0 radical (unpaired) electrons. The van der Waals surface area contributed by atoms with Gasteiger partial charge in [0.15, 0.2) is 0 Å². The molecule has 0 bridgehead atoms. The molecule has 0 unspecified atom stereocenters. The third-order valence-electron chi connectivity index (χ3n) is 3.97. The summed E-state index contributed by atoms with van der Waals surface area (Å²) in [7, 11) is 0. The molecular weight excluding hydrogens is 365 g/mol. The van der Waals surface area contributed by atoms with Crippen molar-refractivity contribution in [3.63, 3.8) is 0 Å². The normalized spacial score (nSPS) is 12.7. The van der Waals surface area contributed by atoms with E-state index in [2.05, 4.69) is 9.97 Å². The fourth-order valence-corrected chi connectivity index (χ4v) is 2.58. The second-order valence-corrected chi connectivity index (χ2v) is 6.94. The number of halogens is 4. The molecule has 2 aromatic rings. The number of hydrogen-bond donors (Lipinski definition) is 2. The van der Waals surface area contributed by atoms with Crippen LogP contribution in [0.2, 0.25) is 5.02 Å². The van der Waals surface area contributed by atoms with Crippen molar-refractivity contribution >= 4 is 29.4 Å². The van der Waals surface area contributed by atoms with E-state index >= 15 is 0 Å². The van der Waals surface area contributed by atoms with E-state index in [-0.39, 0.29) is 23.9 Å². The largest absolute Gasteiger partial charge is 0.389 e. The van der Waals surface area contributed by atoms with Gasteiger partial charge < -0.3 is 11.5 Å². The minimum absolute atomic E-state index is 0.0535. The Morgan fingerprint density at radius 1 is 1.08 bits per heavy atom. The third-order valence-corrected chi connectivity index (χ3v) is 4.22. The summed E-state index contributed by atoms with van der Waals surface area (Å²) in [4.78, 5) is 7.80. The second kappa shape index (κ2) is 7.53. The predicted molar refractivity (Wildman–Crippen MR) is 98.7 cm³/mol. The van der Waals surface area contributed by atoms with Gasteiger partial charge in [0.1, 0.15) is 5.82 Å². The summed E-state index contributed by atoms with van der Waals surface area (Å²) in [5.74, 6) is -0.0911. The average molecular weight is 385 g/mol.